The molecule has 0 radical (unpaired) electrons. The zero-order valence-corrected chi connectivity index (χ0v) is 19.8. The Bertz CT molecular complexity index is 951. The van der Waals surface area contributed by atoms with Gasteiger partial charge in [-0.05, 0) is 52.5 Å². The number of aromatic nitrogens is 4. The van der Waals surface area contributed by atoms with Crippen LogP contribution in [-0.4, -0.2) is 50.6 Å². The molecule has 3 rings (SSSR count). The van der Waals surface area contributed by atoms with Gasteiger partial charge in [-0.15, -0.1) is 0 Å². The van der Waals surface area contributed by atoms with Crippen molar-refractivity contribution in [2.24, 2.45) is 0 Å². The number of alkyl carbamates (subject to hydrolysis) is 1. The predicted octanol–water partition coefficient (Wildman–Crippen LogP) is 3.13. The van der Waals surface area contributed by atoms with Crippen LogP contribution in [-0.2, 0) is 28.9 Å². The molecule has 2 aromatic rings. The van der Waals surface area contributed by atoms with Gasteiger partial charge in [-0.1, -0.05) is 0 Å². The van der Waals surface area contributed by atoms with E-state index in [1.807, 2.05) is 27.0 Å². The Morgan fingerprint density at radius 2 is 2.07 bits per heavy atom. The standard InChI is InChI=1S/C20H26IN5O4/c1-5-29-17(27)15-13-8-7-12-11-23-18(21)24-14(12)16(13)26(25-15)10-6-9-22-19(28)30-20(2,3)4/h11H,5-10H2,1-4H3,(H,22,28). The summed E-state index contributed by atoms with van der Waals surface area (Å²) >= 11 is 2.08. The molecule has 2 aromatic heterocycles. The molecule has 0 saturated carbocycles. The van der Waals surface area contributed by atoms with Gasteiger partial charge in [-0.3, -0.25) is 4.68 Å². The Labute approximate surface area is 189 Å². The summed E-state index contributed by atoms with van der Waals surface area (Å²) in [7, 11) is 0. The Kier molecular flexibility index (Phi) is 6.94. The molecular formula is C20H26IN5O4. The monoisotopic (exact) mass is 527 g/mol. The first-order valence-corrected chi connectivity index (χ1v) is 11.0. The molecule has 0 fully saturated rings. The van der Waals surface area contributed by atoms with Crippen LogP contribution < -0.4 is 5.32 Å². The fraction of sp³-hybridized carbons (Fsp3) is 0.550. The van der Waals surface area contributed by atoms with E-state index < -0.39 is 17.7 Å². The van der Waals surface area contributed by atoms with E-state index in [0.717, 1.165) is 28.9 Å². The molecule has 1 N–H and O–H groups in total. The number of carbonyl (C=O) groups excluding carboxylic acids is 2. The van der Waals surface area contributed by atoms with Crippen molar-refractivity contribution in [3.63, 3.8) is 0 Å². The molecule has 0 bridgehead atoms. The highest BCUT2D eigenvalue weighted by atomic mass is 127. The van der Waals surface area contributed by atoms with Gasteiger partial charge in [0.2, 0.25) is 0 Å². The lowest BCUT2D eigenvalue weighted by Gasteiger charge is -2.20. The van der Waals surface area contributed by atoms with Gasteiger partial charge < -0.3 is 14.8 Å². The zero-order chi connectivity index (χ0) is 21.9. The van der Waals surface area contributed by atoms with Crippen LogP contribution in [0.25, 0.3) is 11.4 Å². The third kappa shape index (κ3) is 5.27. The second-order valence-corrected chi connectivity index (χ2v) is 8.88. The van der Waals surface area contributed by atoms with Crippen molar-refractivity contribution in [3.05, 3.63) is 26.8 Å². The number of aryl methyl sites for hydroxylation is 2. The highest BCUT2D eigenvalue weighted by Crippen LogP contribution is 2.34. The Balaban J connectivity index is 1.81. The van der Waals surface area contributed by atoms with Crippen molar-refractivity contribution >= 4 is 34.7 Å². The van der Waals surface area contributed by atoms with E-state index >= 15 is 0 Å². The van der Waals surface area contributed by atoms with Crippen LogP contribution in [0, 0.1) is 3.83 Å². The minimum absolute atomic E-state index is 0.289. The van der Waals surface area contributed by atoms with Crippen LogP contribution in [0.1, 0.15) is 55.7 Å². The average Bonchev–Trinajstić information content (AvgIpc) is 3.03. The quantitative estimate of drug-likeness (QED) is 0.266. The summed E-state index contributed by atoms with van der Waals surface area (Å²) < 4.78 is 12.9. The number of fused-ring (bicyclic) bond motifs is 3. The van der Waals surface area contributed by atoms with Gasteiger partial charge in [0.05, 0.1) is 18.0 Å². The molecule has 2 heterocycles. The molecule has 1 amide bonds. The molecule has 0 spiro atoms. The maximum absolute atomic E-state index is 12.5. The van der Waals surface area contributed by atoms with Gasteiger partial charge in [0, 0.05) is 47.4 Å². The van der Waals surface area contributed by atoms with Crippen molar-refractivity contribution in [3.8, 4) is 11.4 Å². The minimum Gasteiger partial charge on any atom is -0.461 e. The largest absolute Gasteiger partial charge is 0.461 e. The number of hydrogen-bond donors (Lipinski definition) is 1. The number of esters is 1. The summed E-state index contributed by atoms with van der Waals surface area (Å²) in [6, 6.07) is 0. The van der Waals surface area contributed by atoms with Crippen LogP contribution in [0.3, 0.4) is 0 Å². The molecule has 0 unspecified atom stereocenters. The Morgan fingerprint density at radius 1 is 1.30 bits per heavy atom. The zero-order valence-electron chi connectivity index (χ0n) is 17.6. The molecule has 9 nitrogen and oxygen atoms in total. The molecule has 30 heavy (non-hydrogen) atoms. The van der Waals surface area contributed by atoms with Crippen molar-refractivity contribution in [1.82, 2.24) is 25.1 Å². The number of carbonyl (C=O) groups is 2. The van der Waals surface area contributed by atoms with Crippen LogP contribution in [0.5, 0.6) is 0 Å². The van der Waals surface area contributed by atoms with Gasteiger partial charge in [0.25, 0.3) is 0 Å². The van der Waals surface area contributed by atoms with Crippen molar-refractivity contribution in [2.75, 3.05) is 13.2 Å². The maximum atomic E-state index is 12.5. The predicted molar refractivity (Wildman–Crippen MR) is 118 cm³/mol. The van der Waals surface area contributed by atoms with Gasteiger partial charge in [0.1, 0.15) is 5.60 Å². The number of halogens is 1. The number of amides is 1. The van der Waals surface area contributed by atoms with Crippen LogP contribution in [0.4, 0.5) is 4.79 Å². The summed E-state index contributed by atoms with van der Waals surface area (Å²) in [5.41, 5.74) is 3.32. The third-order valence-corrected chi connectivity index (χ3v) is 4.96. The molecule has 0 aliphatic heterocycles. The van der Waals surface area contributed by atoms with E-state index in [9.17, 15) is 9.59 Å². The second-order valence-electron chi connectivity index (χ2n) is 7.91. The van der Waals surface area contributed by atoms with Crippen molar-refractivity contribution < 1.29 is 19.1 Å². The number of nitrogens with one attached hydrogen (secondary N) is 1. The molecule has 0 aromatic carbocycles. The van der Waals surface area contributed by atoms with Gasteiger partial charge >= 0.3 is 12.1 Å². The number of rotatable bonds is 6. The van der Waals surface area contributed by atoms with Crippen molar-refractivity contribution in [2.45, 2.75) is 59.1 Å². The number of ether oxygens (including phenoxy) is 2. The molecular weight excluding hydrogens is 501 g/mol. The Morgan fingerprint density at radius 3 is 2.77 bits per heavy atom. The summed E-state index contributed by atoms with van der Waals surface area (Å²) in [6.45, 7) is 8.45. The fourth-order valence-corrected chi connectivity index (χ4v) is 3.67. The lowest BCUT2D eigenvalue weighted by Crippen LogP contribution is -2.33. The van der Waals surface area contributed by atoms with Crippen LogP contribution in [0.2, 0.25) is 0 Å². The molecule has 1 aliphatic carbocycles. The minimum atomic E-state index is -0.541. The van der Waals surface area contributed by atoms with Gasteiger partial charge in [-0.25, -0.2) is 19.6 Å². The molecule has 10 heteroatoms. The van der Waals surface area contributed by atoms with E-state index in [0.29, 0.717) is 35.5 Å². The fourth-order valence-electron chi connectivity index (χ4n) is 3.29. The first kappa shape index (κ1) is 22.4. The van der Waals surface area contributed by atoms with E-state index in [1.165, 1.54) is 0 Å². The van der Waals surface area contributed by atoms with Crippen LogP contribution in [0.15, 0.2) is 6.20 Å². The second kappa shape index (κ2) is 9.27. The van der Waals surface area contributed by atoms with E-state index in [-0.39, 0.29) is 6.61 Å². The molecule has 0 saturated heterocycles. The molecule has 162 valence electrons. The highest BCUT2D eigenvalue weighted by Gasteiger charge is 2.30. The summed E-state index contributed by atoms with van der Waals surface area (Å²) in [5.74, 6) is -0.424. The van der Waals surface area contributed by atoms with Crippen molar-refractivity contribution in [1.29, 1.82) is 0 Å². The molecule has 0 atom stereocenters. The lowest BCUT2D eigenvalue weighted by molar-refractivity contribution is 0.0512. The third-order valence-electron chi connectivity index (χ3n) is 4.44. The maximum Gasteiger partial charge on any atom is 0.407 e. The first-order chi connectivity index (χ1) is 14.2. The SMILES string of the molecule is CCOC(=O)c1nn(CCCNC(=O)OC(C)(C)C)c2c1CCc1cnc(I)nc1-2. The molecule has 1 aliphatic rings. The number of hydrogen-bond acceptors (Lipinski definition) is 7. The topological polar surface area (TPSA) is 108 Å². The van der Waals surface area contributed by atoms with E-state index in [1.54, 1.807) is 11.6 Å². The van der Waals surface area contributed by atoms with E-state index in [2.05, 4.69) is 43.0 Å². The smallest absolute Gasteiger partial charge is 0.407 e. The Hall–Kier alpha value is -2.24. The van der Waals surface area contributed by atoms with E-state index in [4.69, 9.17) is 9.47 Å². The summed E-state index contributed by atoms with van der Waals surface area (Å²) in [4.78, 5) is 33.2. The van der Waals surface area contributed by atoms with Gasteiger partial charge in [0.15, 0.2) is 9.53 Å². The summed E-state index contributed by atoms with van der Waals surface area (Å²) in [6.07, 6.45) is 3.42. The van der Waals surface area contributed by atoms with Gasteiger partial charge in [-0.2, -0.15) is 5.10 Å². The first-order valence-electron chi connectivity index (χ1n) is 9.95. The lowest BCUT2D eigenvalue weighted by atomic mass is 9.93. The normalized spacial score (nSPS) is 12.7. The number of nitrogens with zero attached hydrogens (tertiary/aromatic N) is 4. The highest BCUT2D eigenvalue weighted by molar-refractivity contribution is 14.1. The summed E-state index contributed by atoms with van der Waals surface area (Å²) in [5, 5.41) is 7.30. The van der Waals surface area contributed by atoms with Crippen LogP contribution >= 0.6 is 22.6 Å². The average molecular weight is 527 g/mol.